The largest absolute Gasteiger partial charge is 0.484 e. The average Bonchev–Trinajstić information content (AvgIpc) is 3.21. The molecule has 0 aliphatic carbocycles. The van der Waals surface area contributed by atoms with Crippen molar-refractivity contribution in [1.29, 1.82) is 0 Å². The summed E-state index contributed by atoms with van der Waals surface area (Å²) < 4.78 is 10.8. The normalized spacial score (nSPS) is 10.5. The third kappa shape index (κ3) is 7.30. The topological polar surface area (TPSA) is 106 Å². The number of hydrogen-bond donors (Lipinski definition) is 2. The van der Waals surface area contributed by atoms with Gasteiger partial charge in [0.2, 0.25) is 11.8 Å². The zero-order valence-corrected chi connectivity index (χ0v) is 18.5. The number of nitrogens with one attached hydrogen (secondary N) is 2. The molecule has 2 N–H and O–H groups in total. The van der Waals surface area contributed by atoms with Gasteiger partial charge in [0.05, 0.1) is 12.3 Å². The maximum absolute atomic E-state index is 12.2. The highest BCUT2D eigenvalue weighted by atomic mass is 35.5. The Bertz CT molecular complexity index is 1060. The van der Waals surface area contributed by atoms with Crippen LogP contribution in [-0.4, -0.2) is 34.4 Å². The smallest absolute Gasteiger partial charge is 0.277 e. The Morgan fingerprint density at radius 2 is 1.87 bits per heavy atom. The number of carbonyl (C=O) groups excluding carboxylic acids is 2. The molecule has 10 heteroatoms. The van der Waals surface area contributed by atoms with Gasteiger partial charge in [0.1, 0.15) is 5.75 Å². The highest BCUT2D eigenvalue weighted by molar-refractivity contribution is 7.99. The Morgan fingerprint density at radius 3 is 2.65 bits per heavy atom. The molecule has 1 aromatic heterocycles. The summed E-state index contributed by atoms with van der Waals surface area (Å²) in [5.41, 5.74) is 2.83. The fraction of sp³-hybridized carbons (Fsp3) is 0.238. The number of halogens is 1. The Morgan fingerprint density at radius 1 is 1.10 bits per heavy atom. The zero-order valence-electron chi connectivity index (χ0n) is 17.0. The van der Waals surface area contributed by atoms with E-state index in [9.17, 15) is 9.59 Å². The first-order valence-electron chi connectivity index (χ1n) is 9.36. The van der Waals surface area contributed by atoms with Crippen LogP contribution in [0.3, 0.4) is 0 Å². The lowest BCUT2D eigenvalue weighted by molar-refractivity contribution is -0.123. The molecule has 0 aliphatic rings. The summed E-state index contributed by atoms with van der Waals surface area (Å²) >= 11 is 6.92. The Kier molecular flexibility index (Phi) is 7.91. The fourth-order valence-electron chi connectivity index (χ4n) is 2.46. The van der Waals surface area contributed by atoms with Gasteiger partial charge >= 0.3 is 0 Å². The average molecular weight is 461 g/mol. The van der Waals surface area contributed by atoms with E-state index in [-0.39, 0.29) is 41.8 Å². The molecule has 31 heavy (non-hydrogen) atoms. The first-order valence-corrected chi connectivity index (χ1v) is 10.7. The second kappa shape index (κ2) is 10.8. The maximum Gasteiger partial charge on any atom is 0.277 e. The van der Waals surface area contributed by atoms with Crippen LogP contribution in [0.25, 0.3) is 0 Å². The molecule has 1 heterocycles. The monoisotopic (exact) mass is 460 g/mol. The summed E-state index contributed by atoms with van der Waals surface area (Å²) in [5.74, 6) is 0.379. The van der Waals surface area contributed by atoms with Crippen molar-refractivity contribution in [2.75, 3.05) is 17.7 Å². The van der Waals surface area contributed by atoms with Crippen molar-refractivity contribution in [2.45, 2.75) is 25.6 Å². The van der Waals surface area contributed by atoms with Crippen LogP contribution in [0.15, 0.2) is 52.1 Å². The highest BCUT2D eigenvalue weighted by Crippen LogP contribution is 2.19. The molecule has 2 aromatic carbocycles. The van der Waals surface area contributed by atoms with E-state index in [4.69, 9.17) is 20.8 Å². The van der Waals surface area contributed by atoms with Gasteiger partial charge in [-0.3, -0.25) is 9.59 Å². The van der Waals surface area contributed by atoms with E-state index in [1.54, 1.807) is 24.3 Å². The quantitative estimate of drug-likeness (QED) is 0.468. The number of carbonyl (C=O) groups is 2. The molecule has 0 saturated carbocycles. The van der Waals surface area contributed by atoms with E-state index in [1.165, 1.54) is 0 Å². The van der Waals surface area contributed by atoms with Crippen molar-refractivity contribution in [1.82, 2.24) is 15.5 Å². The maximum atomic E-state index is 12.2. The zero-order chi connectivity index (χ0) is 22.2. The van der Waals surface area contributed by atoms with Crippen molar-refractivity contribution >= 4 is 40.9 Å². The van der Waals surface area contributed by atoms with Crippen LogP contribution in [0.2, 0.25) is 5.02 Å². The van der Waals surface area contributed by atoms with Gasteiger partial charge in [-0.2, -0.15) is 0 Å². The van der Waals surface area contributed by atoms with Crippen LogP contribution in [0.1, 0.15) is 17.0 Å². The number of ether oxygens (including phenoxy) is 1. The van der Waals surface area contributed by atoms with Gasteiger partial charge in [-0.1, -0.05) is 35.5 Å². The molecule has 8 nitrogen and oxygen atoms in total. The van der Waals surface area contributed by atoms with Crippen LogP contribution >= 0.6 is 23.4 Å². The molecule has 0 atom stereocenters. The van der Waals surface area contributed by atoms with Crippen molar-refractivity contribution < 1.29 is 18.7 Å². The summed E-state index contributed by atoms with van der Waals surface area (Å²) in [4.78, 5) is 24.1. The van der Waals surface area contributed by atoms with Gasteiger partial charge in [-0.15, -0.1) is 10.2 Å². The SMILES string of the molecule is Cc1ccc(C)c(NC(=O)CSc2nnc(CNC(=O)COc3ccc(Cl)cc3)o2)c1. The van der Waals surface area contributed by atoms with E-state index in [0.717, 1.165) is 28.6 Å². The molecule has 0 saturated heterocycles. The number of anilines is 1. The molecule has 3 aromatic rings. The lowest BCUT2D eigenvalue weighted by Gasteiger charge is -2.08. The van der Waals surface area contributed by atoms with Crippen LogP contribution in [-0.2, 0) is 16.1 Å². The summed E-state index contributed by atoms with van der Waals surface area (Å²) in [7, 11) is 0. The molecule has 0 radical (unpaired) electrons. The van der Waals surface area contributed by atoms with Gasteiger partial charge in [0, 0.05) is 10.7 Å². The number of amides is 2. The first-order chi connectivity index (χ1) is 14.9. The van der Waals surface area contributed by atoms with Crippen LogP contribution in [0.4, 0.5) is 5.69 Å². The number of aromatic nitrogens is 2. The molecule has 0 bridgehead atoms. The Labute approximate surface area is 188 Å². The Hall–Kier alpha value is -3.04. The summed E-state index contributed by atoms with van der Waals surface area (Å²) in [6.07, 6.45) is 0. The minimum absolute atomic E-state index is 0.0606. The molecule has 0 spiro atoms. The first kappa shape index (κ1) is 22.6. The van der Waals surface area contributed by atoms with E-state index in [2.05, 4.69) is 20.8 Å². The van der Waals surface area contributed by atoms with Gasteiger partial charge in [0.25, 0.3) is 11.1 Å². The molecule has 0 fully saturated rings. The van der Waals surface area contributed by atoms with Crippen LogP contribution in [0, 0.1) is 13.8 Å². The predicted octanol–water partition coefficient (Wildman–Crippen LogP) is 3.77. The van der Waals surface area contributed by atoms with Gasteiger partial charge in [-0.05, 0) is 55.3 Å². The van der Waals surface area contributed by atoms with Crippen molar-refractivity contribution in [3.8, 4) is 5.75 Å². The summed E-state index contributed by atoms with van der Waals surface area (Å²) in [6, 6.07) is 12.6. The molecule has 0 unspecified atom stereocenters. The molecule has 2 amide bonds. The lowest BCUT2D eigenvalue weighted by atomic mass is 10.1. The molecular weight excluding hydrogens is 440 g/mol. The van der Waals surface area contributed by atoms with Gasteiger partial charge in [-0.25, -0.2) is 0 Å². The van der Waals surface area contributed by atoms with E-state index in [1.807, 2.05) is 32.0 Å². The van der Waals surface area contributed by atoms with E-state index >= 15 is 0 Å². The van der Waals surface area contributed by atoms with Crippen molar-refractivity contribution in [2.24, 2.45) is 0 Å². The third-order valence-electron chi connectivity index (χ3n) is 4.06. The minimum Gasteiger partial charge on any atom is -0.484 e. The lowest BCUT2D eigenvalue weighted by Crippen LogP contribution is -2.28. The summed E-state index contributed by atoms with van der Waals surface area (Å²) in [5, 5.41) is 14.1. The number of aryl methyl sites for hydroxylation is 2. The standard InChI is InChI=1S/C21H21ClN4O4S/c1-13-3-4-14(2)17(9-13)24-19(28)12-31-21-26-25-20(30-21)10-23-18(27)11-29-16-7-5-15(22)6-8-16/h3-9H,10-12H2,1-2H3,(H,23,27)(H,24,28). The van der Waals surface area contributed by atoms with E-state index in [0.29, 0.717) is 10.8 Å². The van der Waals surface area contributed by atoms with Crippen molar-refractivity contribution in [3.63, 3.8) is 0 Å². The summed E-state index contributed by atoms with van der Waals surface area (Å²) in [6.45, 7) is 3.80. The molecule has 3 rings (SSSR count). The van der Waals surface area contributed by atoms with Crippen LogP contribution < -0.4 is 15.4 Å². The molecular formula is C21H21ClN4O4S. The van der Waals surface area contributed by atoms with Crippen LogP contribution in [0.5, 0.6) is 5.75 Å². The molecule has 0 aliphatic heterocycles. The minimum atomic E-state index is -0.338. The van der Waals surface area contributed by atoms with Gasteiger partial charge in [0.15, 0.2) is 6.61 Å². The number of hydrogen-bond acceptors (Lipinski definition) is 7. The fourth-order valence-corrected chi connectivity index (χ4v) is 3.16. The Balaban J connectivity index is 1.39. The van der Waals surface area contributed by atoms with Gasteiger partial charge < -0.3 is 19.8 Å². The van der Waals surface area contributed by atoms with E-state index < -0.39 is 0 Å². The second-order valence-electron chi connectivity index (χ2n) is 6.64. The second-order valence-corrected chi connectivity index (χ2v) is 8.00. The third-order valence-corrected chi connectivity index (χ3v) is 5.13. The highest BCUT2D eigenvalue weighted by Gasteiger charge is 2.12. The predicted molar refractivity (Wildman–Crippen MR) is 118 cm³/mol. The number of nitrogens with zero attached hydrogens (tertiary/aromatic N) is 2. The number of rotatable bonds is 9. The number of benzene rings is 2. The van der Waals surface area contributed by atoms with Crippen molar-refractivity contribution in [3.05, 3.63) is 64.5 Å². The molecule has 162 valence electrons. The number of thioether (sulfide) groups is 1.